The predicted molar refractivity (Wildman–Crippen MR) is 145 cm³/mol. The van der Waals surface area contributed by atoms with Gasteiger partial charge < -0.3 is 24.2 Å². The number of aliphatic hydroxyl groups is 1. The Bertz CT molecular complexity index is 1270. The van der Waals surface area contributed by atoms with E-state index in [4.69, 9.17) is 19.2 Å². The smallest absolute Gasteiger partial charge is 0.251 e. The molecule has 3 atom stereocenters. The summed E-state index contributed by atoms with van der Waals surface area (Å²) < 4.78 is 45.3. The van der Waals surface area contributed by atoms with Crippen LogP contribution in [0.1, 0.15) is 42.7 Å². The quantitative estimate of drug-likeness (QED) is 0.285. The Morgan fingerprint density at radius 3 is 2.29 bits per heavy atom. The number of methoxy groups -OCH3 is 3. The first-order chi connectivity index (χ1) is 18.0. The minimum Gasteiger partial charge on any atom is -0.481 e. The number of pyridine rings is 2. The average Bonchev–Trinajstić information content (AvgIpc) is 3.52. The molecule has 2 aromatic heterocycles. The molecule has 0 aliphatic heterocycles. The van der Waals surface area contributed by atoms with Crippen LogP contribution in [0.25, 0.3) is 10.9 Å². The summed E-state index contributed by atoms with van der Waals surface area (Å²) in [5.41, 5.74) is 0.391. The van der Waals surface area contributed by atoms with Crippen LogP contribution < -0.4 is 14.2 Å². The highest BCUT2D eigenvalue weighted by Gasteiger charge is 2.56. The van der Waals surface area contributed by atoms with Crippen molar-refractivity contribution in [2.75, 3.05) is 42.0 Å². The largest absolute Gasteiger partial charge is 0.481 e. The van der Waals surface area contributed by atoms with Crippen LogP contribution in [0.4, 0.5) is 8.78 Å². The molecule has 3 unspecified atom stereocenters. The van der Waals surface area contributed by atoms with Gasteiger partial charge >= 0.3 is 0 Å². The summed E-state index contributed by atoms with van der Waals surface area (Å²) in [5.74, 6) is -3.08. The minimum absolute atomic E-state index is 0.132. The second-order valence-electron chi connectivity index (χ2n) is 10.1. The van der Waals surface area contributed by atoms with E-state index in [0.29, 0.717) is 36.4 Å². The van der Waals surface area contributed by atoms with E-state index in [1.807, 2.05) is 43.3 Å². The molecule has 0 bridgehead atoms. The molecule has 1 fully saturated rings. The molecule has 10 heteroatoms. The van der Waals surface area contributed by atoms with Crippen LogP contribution in [0, 0.1) is 5.92 Å². The molecule has 4 rings (SSSR count). The Balaban J connectivity index is 1.91. The Morgan fingerprint density at radius 2 is 1.74 bits per heavy atom. The van der Waals surface area contributed by atoms with Crippen LogP contribution in [-0.2, 0) is 5.60 Å². The fourth-order valence-electron chi connectivity index (χ4n) is 5.02. The third-order valence-corrected chi connectivity index (χ3v) is 7.80. The number of rotatable bonds is 12. The lowest BCUT2D eigenvalue weighted by atomic mass is 9.72. The maximum absolute atomic E-state index is 14.0. The zero-order chi connectivity index (χ0) is 27.7. The third-order valence-electron chi connectivity index (χ3n) is 7.31. The maximum Gasteiger partial charge on any atom is 0.251 e. The highest BCUT2D eigenvalue weighted by Crippen LogP contribution is 2.54. The van der Waals surface area contributed by atoms with Crippen LogP contribution in [0.5, 0.6) is 17.6 Å². The lowest BCUT2D eigenvalue weighted by Gasteiger charge is -2.39. The zero-order valence-corrected chi connectivity index (χ0v) is 23.9. The second-order valence-corrected chi connectivity index (χ2v) is 11.0. The van der Waals surface area contributed by atoms with Gasteiger partial charge in [0.25, 0.3) is 5.92 Å². The van der Waals surface area contributed by atoms with Crippen LogP contribution in [0.2, 0.25) is 0 Å². The van der Waals surface area contributed by atoms with E-state index in [9.17, 15) is 13.9 Å². The van der Waals surface area contributed by atoms with Crippen molar-refractivity contribution < 1.29 is 28.1 Å². The lowest BCUT2D eigenvalue weighted by Crippen LogP contribution is -2.37. The monoisotopic (exact) mass is 593 g/mol. The SMILES string of the molecule is COc1cc(C(O)(CCN(C)C)C(CCC2CC2(F)F)c2cc3cc(Br)ccc3nc2OC)cc(OC)n1. The van der Waals surface area contributed by atoms with Crippen molar-refractivity contribution in [1.82, 2.24) is 14.9 Å². The van der Waals surface area contributed by atoms with Crippen molar-refractivity contribution in [3.8, 4) is 17.6 Å². The maximum atomic E-state index is 14.0. The molecule has 0 radical (unpaired) electrons. The molecule has 38 heavy (non-hydrogen) atoms. The van der Waals surface area contributed by atoms with Crippen LogP contribution in [0.15, 0.2) is 40.9 Å². The second kappa shape index (κ2) is 11.3. The summed E-state index contributed by atoms with van der Waals surface area (Å²) in [5, 5.41) is 13.5. The van der Waals surface area contributed by atoms with Gasteiger partial charge in [0, 0.05) is 52.4 Å². The van der Waals surface area contributed by atoms with Gasteiger partial charge in [0.1, 0.15) is 0 Å². The number of aromatic nitrogens is 2. The van der Waals surface area contributed by atoms with Gasteiger partial charge in [-0.1, -0.05) is 15.9 Å². The Kier molecular flexibility index (Phi) is 8.44. The van der Waals surface area contributed by atoms with Crippen molar-refractivity contribution in [2.45, 2.75) is 43.1 Å². The first-order valence-electron chi connectivity index (χ1n) is 12.5. The molecule has 1 saturated carbocycles. The third kappa shape index (κ3) is 6.02. The van der Waals surface area contributed by atoms with E-state index in [2.05, 4.69) is 20.9 Å². The molecule has 0 spiro atoms. The number of alkyl halides is 2. The normalized spacial score (nSPS) is 18.7. The van der Waals surface area contributed by atoms with E-state index in [1.165, 1.54) is 21.3 Å². The number of ether oxygens (including phenoxy) is 3. The predicted octanol–water partition coefficient (Wildman–Crippen LogP) is 5.78. The molecule has 0 amide bonds. The fourth-order valence-corrected chi connectivity index (χ4v) is 5.39. The number of hydrogen-bond donors (Lipinski definition) is 1. The molecular formula is C28H34BrF2N3O4. The van der Waals surface area contributed by atoms with Crippen LogP contribution >= 0.6 is 15.9 Å². The molecule has 206 valence electrons. The van der Waals surface area contributed by atoms with E-state index in [1.54, 1.807) is 12.1 Å². The van der Waals surface area contributed by atoms with Gasteiger partial charge in [-0.2, -0.15) is 4.98 Å². The first kappa shape index (κ1) is 28.4. The van der Waals surface area contributed by atoms with Crippen LogP contribution in [0.3, 0.4) is 0 Å². The highest BCUT2D eigenvalue weighted by molar-refractivity contribution is 9.10. The molecule has 7 nitrogen and oxygen atoms in total. The van der Waals surface area contributed by atoms with Gasteiger partial charge in [0.2, 0.25) is 17.6 Å². The van der Waals surface area contributed by atoms with Crippen molar-refractivity contribution in [3.63, 3.8) is 0 Å². The molecule has 0 saturated heterocycles. The van der Waals surface area contributed by atoms with Gasteiger partial charge in [-0.25, -0.2) is 13.8 Å². The van der Waals surface area contributed by atoms with Crippen molar-refractivity contribution in [1.29, 1.82) is 0 Å². The molecule has 1 N–H and O–H groups in total. The number of halogens is 3. The van der Waals surface area contributed by atoms with E-state index in [0.717, 1.165) is 15.4 Å². The summed E-state index contributed by atoms with van der Waals surface area (Å²) in [6, 6.07) is 11.0. The van der Waals surface area contributed by atoms with Crippen LogP contribution in [-0.4, -0.2) is 67.9 Å². The zero-order valence-electron chi connectivity index (χ0n) is 22.3. The summed E-state index contributed by atoms with van der Waals surface area (Å²) >= 11 is 3.52. The molecule has 2 heterocycles. The van der Waals surface area contributed by atoms with Gasteiger partial charge in [-0.15, -0.1) is 0 Å². The summed E-state index contributed by atoms with van der Waals surface area (Å²) in [7, 11) is 8.35. The lowest BCUT2D eigenvalue weighted by molar-refractivity contribution is -0.0132. The standard InChI is InChI=1S/C28H34BrF2N3O4/c1-34(2)11-10-27(35,19-14-24(36-3)33-25(15-19)37-4)22(8-6-18-16-28(18,30)31)21-13-17-12-20(29)7-9-23(17)32-26(21)38-5/h7,9,12-15,18,22,35H,6,8,10-11,16H2,1-5H3. The minimum atomic E-state index is -2.66. The van der Waals surface area contributed by atoms with E-state index in [-0.39, 0.29) is 24.6 Å². The fraction of sp³-hybridized carbons (Fsp3) is 0.500. The number of nitrogens with zero attached hydrogens (tertiary/aromatic N) is 3. The van der Waals surface area contributed by atoms with Gasteiger partial charge in [-0.05, 0) is 63.2 Å². The molecule has 1 aliphatic carbocycles. The molecular weight excluding hydrogens is 560 g/mol. The average molecular weight is 594 g/mol. The number of hydrogen-bond acceptors (Lipinski definition) is 7. The van der Waals surface area contributed by atoms with Gasteiger partial charge in [0.15, 0.2) is 0 Å². The molecule has 1 aliphatic rings. The van der Waals surface area contributed by atoms with Gasteiger partial charge in [0.05, 0.1) is 32.4 Å². The number of benzene rings is 1. The Hall–Kier alpha value is -2.56. The number of fused-ring (bicyclic) bond motifs is 1. The van der Waals surface area contributed by atoms with Crippen molar-refractivity contribution >= 4 is 26.8 Å². The molecule has 1 aromatic carbocycles. The summed E-state index contributed by atoms with van der Waals surface area (Å²) in [4.78, 5) is 11.0. The van der Waals surface area contributed by atoms with E-state index >= 15 is 0 Å². The van der Waals surface area contributed by atoms with Crippen molar-refractivity contribution in [3.05, 3.63) is 52.0 Å². The first-order valence-corrected chi connectivity index (χ1v) is 13.3. The van der Waals surface area contributed by atoms with E-state index < -0.39 is 23.4 Å². The Morgan fingerprint density at radius 1 is 1.08 bits per heavy atom. The topological polar surface area (TPSA) is 76.9 Å². The van der Waals surface area contributed by atoms with Crippen molar-refractivity contribution in [2.24, 2.45) is 5.92 Å². The summed E-state index contributed by atoms with van der Waals surface area (Å²) in [6.45, 7) is 0.536. The molecule has 3 aromatic rings. The highest BCUT2D eigenvalue weighted by atomic mass is 79.9. The van der Waals surface area contributed by atoms with Gasteiger partial charge in [-0.3, -0.25) is 0 Å². The Labute approximate surface area is 230 Å². The summed E-state index contributed by atoms with van der Waals surface area (Å²) in [6.07, 6.45) is 0.726.